The van der Waals surface area contributed by atoms with Gasteiger partial charge in [0, 0.05) is 6.54 Å². The van der Waals surface area contributed by atoms with Gasteiger partial charge in [-0.2, -0.15) is 0 Å². The molecule has 0 saturated heterocycles. The molecule has 0 fully saturated rings. The number of aryl methyl sites for hydroxylation is 1. The molecule has 0 aliphatic rings. The lowest BCUT2D eigenvalue weighted by Crippen LogP contribution is -2.17. The SMILES string of the molecule is Cc1ccc(Cl)c(S(N)(=O)=O)c1CN. The third-order valence-corrected chi connectivity index (χ3v) is 3.40. The van der Waals surface area contributed by atoms with E-state index in [0.717, 1.165) is 5.56 Å². The maximum Gasteiger partial charge on any atom is 0.239 e. The first-order valence-corrected chi connectivity index (χ1v) is 5.81. The highest BCUT2D eigenvalue weighted by Gasteiger charge is 2.18. The van der Waals surface area contributed by atoms with Gasteiger partial charge < -0.3 is 5.73 Å². The molecular formula is C8H11ClN2O2S. The summed E-state index contributed by atoms with van der Waals surface area (Å²) in [5, 5.41) is 5.14. The minimum atomic E-state index is -3.81. The second kappa shape index (κ2) is 3.86. The zero-order chi connectivity index (χ0) is 10.9. The maximum absolute atomic E-state index is 11.2. The van der Waals surface area contributed by atoms with Crippen LogP contribution in [0.4, 0.5) is 0 Å². The van der Waals surface area contributed by atoms with Crippen molar-refractivity contribution >= 4 is 21.6 Å². The number of benzene rings is 1. The van der Waals surface area contributed by atoms with Gasteiger partial charge in [0.25, 0.3) is 0 Å². The van der Waals surface area contributed by atoms with Gasteiger partial charge in [0.2, 0.25) is 10.0 Å². The van der Waals surface area contributed by atoms with Crippen LogP contribution >= 0.6 is 11.6 Å². The van der Waals surface area contributed by atoms with Crippen LogP contribution in [0, 0.1) is 6.92 Å². The Morgan fingerprint density at radius 3 is 2.36 bits per heavy atom. The van der Waals surface area contributed by atoms with Crippen LogP contribution in [0.5, 0.6) is 0 Å². The third-order valence-electron chi connectivity index (χ3n) is 1.94. The first-order chi connectivity index (χ1) is 6.38. The minimum Gasteiger partial charge on any atom is -0.326 e. The second-order valence-corrected chi connectivity index (χ2v) is 4.83. The van der Waals surface area contributed by atoms with E-state index < -0.39 is 10.0 Å². The summed E-state index contributed by atoms with van der Waals surface area (Å²) in [6.45, 7) is 1.85. The first-order valence-electron chi connectivity index (χ1n) is 3.88. The molecule has 0 aromatic heterocycles. The summed E-state index contributed by atoms with van der Waals surface area (Å²) in [6.07, 6.45) is 0. The van der Waals surface area contributed by atoms with Gasteiger partial charge in [-0.15, -0.1) is 0 Å². The first kappa shape index (κ1) is 11.5. The molecule has 14 heavy (non-hydrogen) atoms. The van der Waals surface area contributed by atoms with Gasteiger partial charge in [-0.25, -0.2) is 13.6 Å². The molecule has 4 N–H and O–H groups in total. The summed E-state index contributed by atoms with van der Waals surface area (Å²) in [6, 6.07) is 3.20. The Labute approximate surface area is 87.9 Å². The lowest BCUT2D eigenvalue weighted by molar-refractivity contribution is 0.596. The Bertz CT molecular complexity index is 457. The summed E-state index contributed by atoms with van der Waals surface area (Å²) >= 11 is 5.75. The Kier molecular flexibility index (Phi) is 3.16. The Balaban J connectivity index is 3.63. The topological polar surface area (TPSA) is 86.2 Å². The van der Waals surface area contributed by atoms with Crippen molar-refractivity contribution in [2.24, 2.45) is 10.9 Å². The van der Waals surface area contributed by atoms with Crippen molar-refractivity contribution in [2.75, 3.05) is 0 Å². The highest BCUT2D eigenvalue weighted by Crippen LogP contribution is 2.26. The van der Waals surface area contributed by atoms with Crippen LogP contribution in [0.1, 0.15) is 11.1 Å². The average molecular weight is 235 g/mol. The fraction of sp³-hybridized carbons (Fsp3) is 0.250. The molecule has 1 aromatic rings. The molecule has 0 atom stereocenters. The van der Waals surface area contributed by atoms with Crippen molar-refractivity contribution in [3.63, 3.8) is 0 Å². The highest BCUT2D eigenvalue weighted by atomic mass is 35.5. The molecule has 0 aliphatic heterocycles. The van der Waals surface area contributed by atoms with Crippen molar-refractivity contribution in [1.82, 2.24) is 0 Å². The molecule has 0 spiro atoms. The monoisotopic (exact) mass is 234 g/mol. The van der Waals surface area contributed by atoms with Gasteiger partial charge in [0.1, 0.15) is 4.90 Å². The Hall–Kier alpha value is -0.620. The Morgan fingerprint density at radius 1 is 1.43 bits per heavy atom. The van der Waals surface area contributed by atoms with Crippen LogP contribution in [0.15, 0.2) is 17.0 Å². The van der Waals surface area contributed by atoms with Crippen LogP contribution in [-0.4, -0.2) is 8.42 Å². The molecular weight excluding hydrogens is 224 g/mol. The molecule has 6 heteroatoms. The molecule has 0 aliphatic carbocycles. The second-order valence-electron chi connectivity index (χ2n) is 2.92. The normalized spacial score (nSPS) is 11.7. The smallest absolute Gasteiger partial charge is 0.239 e. The van der Waals surface area contributed by atoms with E-state index in [9.17, 15) is 8.42 Å². The van der Waals surface area contributed by atoms with E-state index in [1.807, 2.05) is 0 Å². The van der Waals surface area contributed by atoms with Crippen molar-refractivity contribution in [2.45, 2.75) is 18.4 Å². The van der Waals surface area contributed by atoms with Gasteiger partial charge >= 0.3 is 0 Å². The van der Waals surface area contributed by atoms with Gasteiger partial charge in [0.15, 0.2) is 0 Å². The molecule has 0 radical (unpaired) electrons. The van der Waals surface area contributed by atoms with E-state index >= 15 is 0 Å². The van der Waals surface area contributed by atoms with Gasteiger partial charge in [-0.1, -0.05) is 17.7 Å². The van der Waals surface area contributed by atoms with Crippen molar-refractivity contribution < 1.29 is 8.42 Å². The zero-order valence-corrected chi connectivity index (χ0v) is 9.19. The molecule has 1 aromatic carbocycles. The van der Waals surface area contributed by atoms with E-state index in [1.165, 1.54) is 6.07 Å². The largest absolute Gasteiger partial charge is 0.326 e. The summed E-state index contributed by atoms with van der Waals surface area (Å²) in [4.78, 5) is -0.0679. The number of hydrogen-bond acceptors (Lipinski definition) is 3. The number of hydrogen-bond donors (Lipinski definition) is 2. The van der Waals surface area contributed by atoms with Gasteiger partial charge in [0.05, 0.1) is 5.02 Å². The van der Waals surface area contributed by atoms with Gasteiger partial charge in [-0.05, 0) is 24.1 Å². The average Bonchev–Trinajstić information content (AvgIpc) is 2.06. The fourth-order valence-electron chi connectivity index (χ4n) is 1.26. The molecule has 4 nitrogen and oxygen atoms in total. The van der Waals surface area contributed by atoms with Crippen LogP contribution in [0.25, 0.3) is 0 Å². The van der Waals surface area contributed by atoms with Crippen molar-refractivity contribution in [3.8, 4) is 0 Å². The van der Waals surface area contributed by atoms with Crippen molar-refractivity contribution in [3.05, 3.63) is 28.3 Å². The maximum atomic E-state index is 11.2. The molecule has 0 heterocycles. The summed E-state index contributed by atoms with van der Waals surface area (Å²) in [5.41, 5.74) is 6.68. The predicted molar refractivity (Wildman–Crippen MR) is 55.5 cm³/mol. The molecule has 0 saturated carbocycles. The third kappa shape index (κ3) is 2.06. The number of halogens is 1. The van der Waals surface area contributed by atoms with E-state index in [0.29, 0.717) is 5.56 Å². The number of primary sulfonamides is 1. The van der Waals surface area contributed by atoms with Gasteiger partial charge in [-0.3, -0.25) is 0 Å². The lowest BCUT2D eigenvalue weighted by atomic mass is 10.1. The standard InChI is InChI=1S/C8H11ClN2O2S/c1-5-2-3-7(9)8(6(5)4-10)14(11,12)13/h2-3H,4,10H2,1H3,(H2,11,12,13). The summed E-state index contributed by atoms with van der Waals surface area (Å²) in [7, 11) is -3.81. The number of nitrogens with two attached hydrogens (primary N) is 2. The molecule has 1 rings (SSSR count). The number of sulfonamides is 1. The lowest BCUT2D eigenvalue weighted by Gasteiger charge is -2.10. The van der Waals surface area contributed by atoms with E-state index in [1.54, 1.807) is 13.0 Å². The predicted octanol–water partition coefficient (Wildman–Crippen LogP) is 0.755. The number of rotatable bonds is 2. The van der Waals surface area contributed by atoms with E-state index in [2.05, 4.69) is 0 Å². The van der Waals surface area contributed by atoms with Crippen LogP contribution < -0.4 is 10.9 Å². The van der Waals surface area contributed by atoms with E-state index in [4.69, 9.17) is 22.5 Å². The molecule has 0 bridgehead atoms. The zero-order valence-electron chi connectivity index (χ0n) is 7.62. The quantitative estimate of drug-likeness (QED) is 0.792. The fourth-order valence-corrected chi connectivity index (χ4v) is 2.69. The summed E-state index contributed by atoms with van der Waals surface area (Å²) < 4.78 is 22.4. The molecule has 0 unspecified atom stereocenters. The molecule has 0 amide bonds. The van der Waals surface area contributed by atoms with Crippen LogP contribution in [-0.2, 0) is 16.6 Å². The van der Waals surface area contributed by atoms with Crippen molar-refractivity contribution in [1.29, 1.82) is 0 Å². The molecule has 78 valence electrons. The van der Waals surface area contributed by atoms with Crippen LogP contribution in [0.3, 0.4) is 0 Å². The summed E-state index contributed by atoms with van der Waals surface area (Å²) in [5.74, 6) is 0. The highest BCUT2D eigenvalue weighted by molar-refractivity contribution is 7.89. The van der Waals surface area contributed by atoms with E-state index in [-0.39, 0.29) is 16.5 Å². The minimum absolute atomic E-state index is 0.0679. The van der Waals surface area contributed by atoms with Crippen LogP contribution in [0.2, 0.25) is 5.02 Å². The Morgan fingerprint density at radius 2 is 2.00 bits per heavy atom.